The van der Waals surface area contributed by atoms with Gasteiger partial charge in [-0.2, -0.15) is 0 Å². The first-order valence-electron chi connectivity index (χ1n) is 15.7. The van der Waals surface area contributed by atoms with Gasteiger partial charge in [-0.25, -0.2) is 9.59 Å². The molecular weight excluding hydrogens is 644 g/mol. The number of esters is 1. The zero-order valence-corrected chi connectivity index (χ0v) is 28.2. The van der Waals surface area contributed by atoms with Gasteiger partial charge in [-0.3, -0.25) is 14.9 Å². The molecule has 2 heterocycles. The van der Waals surface area contributed by atoms with E-state index in [1.165, 1.54) is 0 Å². The number of carbonyl (C=O) groups is 4. The third-order valence-electron chi connectivity index (χ3n) is 8.47. The van der Waals surface area contributed by atoms with E-state index in [9.17, 15) is 19.2 Å². The highest BCUT2D eigenvalue weighted by molar-refractivity contribution is 8.15. The van der Waals surface area contributed by atoms with Gasteiger partial charge in [-0.1, -0.05) is 65.4 Å². The van der Waals surface area contributed by atoms with Crippen molar-refractivity contribution in [3.8, 4) is 17.2 Å². The second kappa shape index (κ2) is 14.0. The van der Waals surface area contributed by atoms with Crippen LogP contribution in [0, 0.1) is 20.8 Å². The number of nitrogens with zero attached hydrogens (tertiary/aromatic N) is 1. The molecule has 1 fully saturated rings. The van der Waals surface area contributed by atoms with Crippen molar-refractivity contribution in [2.24, 2.45) is 5.16 Å². The van der Waals surface area contributed by atoms with Crippen molar-refractivity contribution in [3.05, 3.63) is 124 Å². The molecule has 2 aliphatic heterocycles. The maximum Gasteiger partial charge on any atom is 0.365 e. The van der Waals surface area contributed by atoms with E-state index < -0.39 is 22.8 Å². The predicted molar refractivity (Wildman–Crippen MR) is 185 cm³/mol. The topological polar surface area (TPSA) is 130 Å². The van der Waals surface area contributed by atoms with Crippen molar-refractivity contribution < 1.29 is 38.2 Å². The lowest BCUT2D eigenvalue weighted by molar-refractivity contribution is -0.118. The molecular formula is C38H34N2O8S. The zero-order chi connectivity index (χ0) is 34.7. The third-order valence-corrected chi connectivity index (χ3v) is 9.45. The van der Waals surface area contributed by atoms with Gasteiger partial charge in [0.05, 0.1) is 22.1 Å². The second-order valence-electron chi connectivity index (χ2n) is 12.2. The number of nitrogens with one attached hydrogen (secondary N) is 1. The standard InChI is InChI=1S/C38H34N2O8S/c1-22-23(2)33-31(24(3)32(22)46-35(42)26-11-7-5-8-12-26)29(40-48-36(43)27-13-9-6-10-14-27)20-38(4,47-33)21-45-28-17-15-25(16-18-28)19-30-34(41)39-37(44)49-30/h5-18,30H,19-21H2,1-4H3,(H,39,41,44)/b40-29-. The summed E-state index contributed by atoms with van der Waals surface area (Å²) >= 11 is 0.991. The number of imide groups is 1. The van der Waals surface area contributed by atoms with E-state index in [0.29, 0.717) is 51.6 Å². The fourth-order valence-electron chi connectivity index (χ4n) is 5.75. The first kappa shape index (κ1) is 33.5. The maximum atomic E-state index is 13.1. The monoisotopic (exact) mass is 678 g/mol. The Labute approximate surface area is 287 Å². The number of hydrogen-bond acceptors (Lipinski definition) is 10. The van der Waals surface area contributed by atoms with Gasteiger partial charge in [0.25, 0.3) is 5.24 Å². The third kappa shape index (κ3) is 7.36. The van der Waals surface area contributed by atoms with Crippen LogP contribution in [-0.2, 0) is 16.1 Å². The highest BCUT2D eigenvalue weighted by atomic mass is 32.2. The molecule has 1 saturated heterocycles. The normalized spacial score (nSPS) is 19.1. The van der Waals surface area contributed by atoms with Crippen LogP contribution in [-0.4, -0.2) is 46.3 Å². The molecule has 10 nitrogen and oxygen atoms in total. The molecule has 2 unspecified atom stereocenters. The summed E-state index contributed by atoms with van der Waals surface area (Å²) in [6, 6.07) is 24.6. The van der Waals surface area contributed by atoms with Crippen molar-refractivity contribution in [3.63, 3.8) is 0 Å². The van der Waals surface area contributed by atoms with Crippen LogP contribution in [0.5, 0.6) is 17.2 Å². The first-order valence-corrected chi connectivity index (χ1v) is 16.6. The average molecular weight is 679 g/mol. The summed E-state index contributed by atoms with van der Waals surface area (Å²) in [6.45, 7) is 7.57. The zero-order valence-electron chi connectivity index (χ0n) is 27.4. The van der Waals surface area contributed by atoms with Crippen LogP contribution < -0.4 is 19.5 Å². The van der Waals surface area contributed by atoms with Crippen LogP contribution in [0.15, 0.2) is 90.1 Å². The Morgan fingerprint density at radius 2 is 1.51 bits per heavy atom. The minimum Gasteiger partial charge on any atom is -0.489 e. The Bertz CT molecular complexity index is 1960. The lowest BCUT2D eigenvalue weighted by Crippen LogP contribution is -2.45. The highest BCUT2D eigenvalue weighted by Gasteiger charge is 2.40. The van der Waals surface area contributed by atoms with Gasteiger partial charge in [-0.15, -0.1) is 0 Å². The molecule has 0 saturated carbocycles. The number of amides is 2. The Kier molecular flexibility index (Phi) is 9.55. The van der Waals surface area contributed by atoms with Gasteiger partial charge in [-0.05, 0) is 87.2 Å². The Hall–Kier alpha value is -5.42. The van der Waals surface area contributed by atoms with E-state index >= 15 is 0 Å². The van der Waals surface area contributed by atoms with Crippen LogP contribution >= 0.6 is 11.8 Å². The summed E-state index contributed by atoms with van der Waals surface area (Å²) in [6.07, 6.45) is 0.625. The second-order valence-corrected chi connectivity index (χ2v) is 13.4. The maximum absolute atomic E-state index is 13.1. The molecule has 250 valence electrons. The van der Waals surface area contributed by atoms with Crippen molar-refractivity contribution in [2.45, 2.75) is 51.4 Å². The minimum atomic E-state index is -0.936. The summed E-state index contributed by atoms with van der Waals surface area (Å²) in [4.78, 5) is 55.0. The number of fused-ring (bicyclic) bond motifs is 1. The van der Waals surface area contributed by atoms with E-state index in [1.54, 1.807) is 66.7 Å². The Balaban J connectivity index is 1.28. The van der Waals surface area contributed by atoms with Crippen molar-refractivity contribution in [1.82, 2.24) is 5.32 Å². The molecule has 2 aliphatic rings. The number of oxime groups is 1. The summed E-state index contributed by atoms with van der Waals surface area (Å²) < 4.78 is 18.8. The van der Waals surface area contributed by atoms with E-state index in [0.717, 1.165) is 28.5 Å². The van der Waals surface area contributed by atoms with Gasteiger partial charge in [0.2, 0.25) is 5.91 Å². The van der Waals surface area contributed by atoms with E-state index in [1.807, 2.05) is 45.9 Å². The van der Waals surface area contributed by atoms with Gasteiger partial charge < -0.3 is 19.0 Å². The van der Waals surface area contributed by atoms with Crippen LogP contribution in [0.1, 0.15) is 61.9 Å². The highest BCUT2D eigenvalue weighted by Crippen LogP contribution is 2.44. The Morgan fingerprint density at radius 1 is 0.878 bits per heavy atom. The minimum absolute atomic E-state index is 0.120. The summed E-state index contributed by atoms with van der Waals surface area (Å²) in [5.74, 6) is 0.0914. The average Bonchev–Trinajstić information content (AvgIpc) is 3.43. The number of benzene rings is 4. The molecule has 2 atom stereocenters. The van der Waals surface area contributed by atoms with E-state index in [4.69, 9.17) is 19.0 Å². The fourth-order valence-corrected chi connectivity index (χ4v) is 6.61. The van der Waals surface area contributed by atoms with Crippen LogP contribution in [0.2, 0.25) is 0 Å². The van der Waals surface area contributed by atoms with Gasteiger partial charge >= 0.3 is 11.9 Å². The lowest BCUT2D eigenvalue weighted by Gasteiger charge is -2.38. The van der Waals surface area contributed by atoms with Crippen molar-refractivity contribution in [1.29, 1.82) is 0 Å². The summed E-state index contributed by atoms with van der Waals surface area (Å²) in [5, 5.41) is 5.88. The fraction of sp³-hybridized carbons (Fsp3) is 0.237. The molecule has 1 N–H and O–H groups in total. The molecule has 0 radical (unpaired) electrons. The van der Waals surface area contributed by atoms with Crippen LogP contribution in [0.3, 0.4) is 0 Å². The number of carbonyl (C=O) groups excluding carboxylic acids is 4. The first-order chi connectivity index (χ1) is 23.5. The number of thioether (sulfide) groups is 1. The molecule has 0 aromatic heterocycles. The Morgan fingerprint density at radius 3 is 2.12 bits per heavy atom. The largest absolute Gasteiger partial charge is 0.489 e. The van der Waals surface area contributed by atoms with Gasteiger partial charge in [0.15, 0.2) is 0 Å². The molecule has 49 heavy (non-hydrogen) atoms. The molecule has 2 amide bonds. The SMILES string of the molecule is Cc1c(C)c2c(c(C)c1OC(=O)c1ccccc1)/C(=N\OC(=O)c1ccccc1)CC(C)(COc1ccc(CC3SC(=O)NC3=O)cc1)O2. The molecule has 4 aromatic rings. The molecule has 11 heteroatoms. The number of ether oxygens (including phenoxy) is 3. The van der Waals surface area contributed by atoms with E-state index in [2.05, 4.69) is 10.5 Å². The predicted octanol–water partition coefficient (Wildman–Crippen LogP) is 6.91. The summed E-state index contributed by atoms with van der Waals surface area (Å²) in [7, 11) is 0. The van der Waals surface area contributed by atoms with Crippen molar-refractivity contribution in [2.75, 3.05) is 6.61 Å². The smallest absolute Gasteiger partial charge is 0.365 e. The van der Waals surface area contributed by atoms with Crippen LogP contribution in [0.25, 0.3) is 0 Å². The van der Waals surface area contributed by atoms with Crippen LogP contribution in [0.4, 0.5) is 4.79 Å². The van der Waals surface area contributed by atoms with E-state index in [-0.39, 0.29) is 24.2 Å². The molecule has 4 aromatic carbocycles. The van der Waals surface area contributed by atoms with Gasteiger partial charge in [0, 0.05) is 17.5 Å². The molecule has 0 spiro atoms. The lowest BCUT2D eigenvalue weighted by atomic mass is 9.86. The summed E-state index contributed by atoms with van der Waals surface area (Å²) in [5.41, 5.74) is 3.81. The van der Waals surface area contributed by atoms with Crippen molar-refractivity contribution >= 4 is 40.6 Å². The number of rotatable bonds is 9. The molecule has 0 bridgehead atoms. The molecule has 6 rings (SSSR count). The quantitative estimate of drug-likeness (QED) is 0.0869. The molecule has 0 aliphatic carbocycles. The van der Waals surface area contributed by atoms with Gasteiger partial charge in [0.1, 0.15) is 29.5 Å². The number of hydrogen-bond donors (Lipinski definition) is 1.